The lowest BCUT2D eigenvalue weighted by molar-refractivity contribution is 0.0916. The first-order valence-corrected chi connectivity index (χ1v) is 6.40. The number of methoxy groups -OCH3 is 2. The predicted molar refractivity (Wildman–Crippen MR) is 72.6 cm³/mol. The van der Waals surface area contributed by atoms with E-state index < -0.39 is 0 Å². The van der Waals surface area contributed by atoms with E-state index in [1.54, 1.807) is 26.4 Å². The van der Waals surface area contributed by atoms with E-state index >= 15 is 0 Å². The molecule has 0 heterocycles. The van der Waals surface area contributed by atoms with Crippen LogP contribution in [0.5, 0.6) is 11.5 Å². The molecule has 0 bridgehead atoms. The predicted octanol–water partition coefficient (Wildman–Crippen LogP) is 3.71. The number of ether oxygens (including phenoxy) is 2. The van der Waals surface area contributed by atoms with Crippen molar-refractivity contribution in [1.29, 1.82) is 0 Å². The van der Waals surface area contributed by atoms with Gasteiger partial charge in [0.25, 0.3) is 0 Å². The zero-order valence-electron chi connectivity index (χ0n) is 11.7. The van der Waals surface area contributed by atoms with Crippen LogP contribution in [0, 0.1) is 5.92 Å². The van der Waals surface area contributed by atoms with E-state index in [-0.39, 0.29) is 11.7 Å². The van der Waals surface area contributed by atoms with Crippen LogP contribution >= 0.6 is 0 Å². The minimum atomic E-state index is -0.00449. The van der Waals surface area contributed by atoms with Gasteiger partial charge < -0.3 is 9.47 Å². The maximum Gasteiger partial charge on any atom is 0.173 e. The van der Waals surface area contributed by atoms with E-state index in [2.05, 4.69) is 6.92 Å². The summed E-state index contributed by atoms with van der Waals surface area (Å²) in [5, 5.41) is 0. The molecule has 0 aliphatic carbocycles. The van der Waals surface area contributed by atoms with Gasteiger partial charge in [-0.1, -0.05) is 32.8 Å². The standard InChI is InChI=1S/C15H22O3/c1-5-6-8-11(2)15(16)14-12(17-3)9-7-10-13(14)18-4/h7,9-11H,5-6,8H2,1-4H3. The number of carbonyl (C=O) groups excluding carboxylic acids is 1. The van der Waals surface area contributed by atoms with Crippen LogP contribution in [0.2, 0.25) is 0 Å². The van der Waals surface area contributed by atoms with E-state index in [4.69, 9.17) is 9.47 Å². The average Bonchev–Trinajstić information content (AvgIpc) is 2.42. The normalized spacial score (nSPS) is 12.0. The molecule has 0 fully saturated rings. The van der Waals surface area contributed by atoms with Crippen molar-refractivity contribution in [1.82, 2.24) is 0 Å². The number of hydrogen-bond acceptors (Lipinski definition) is 3. The van der Waals surface area contributed by atoms with Gasteiger partial charge in [-0.2, -0.15) is 0 Å². The molecule has 0 saturated heterocycles. The Morgan fingerprint density at radius 3 is 2.22 bits per heavy atom. The smallest absolute Gasteiger partial charge is 0.173 e. The zero-order chi connectivity index (χ0) is 13.5. The lowest BCUT2D eigenvalue weighted by atomic mass is 9.93. The molecule has 0 spiro atoms. The molecule has 0 amide bonds. The fourth-order valence-electron chi connectivity index (χ4n) is 1.98. The summed E-state index contributed by atoms with van der Waals surface area (Å²) in [5.74, 6) is 1.26. The van der Waals surface area contributed by atoms with Crippen molar-refractivity contribution in [3.8, 4) is 11.5 Å². The number of benzene rings is 1. The van der Waals surface area contributed by atoms with E-state index in [0.717, 1.165) is 19.3 Å². The van der Waals surface area contributed by atoms with Crippen molar-refractivity contribution in [2.24, 2.45) is 5.92 Å². The molecule has 3 heteroatoms. The molecule has 0 aliphatic rings. The second-order valence-electron chi connectivity index (χ2n) is 4.45. The minimum Gasteiger partial charge on any atom is -0.496 e. The zero-order valence-corrected chi connectivity index (χ0v) is 11.7. The Morgan fingerprint density at radius 1 is 1.22 bits per heavy atom. The van der Waals surface area contributed by atoms with Crippen molar-refractivity contribution in [2.45, 2.75) is 33.1 Å². The third-order valence-corrected chi connectivity index (χ3v) is 3.11. The molecule has 0 radical (unpaired) electrons. The van der Waals surface area contributed by atoms with Crippen LogP contribution in [-0.4, -0.2) is 20.0 Å². The van der Waals surface area contributed by atoms with E-state index in [1.165, 1.54) is 0 Å². The van der Waals surface area contributed by atoms with Crippen LogP contribution < -0.4 is 9.47 Å². The number of carbonyl (C=O) groups is 1. The van der Waals surface area contributed by atoms with Gasteiger partial charge in [0.2, 0.25) is 0 Å². The van der Waals surface area contributed by atoms with Gasteiger partial charge >= 0.3 is 0 Å². The van der Waals surface area contributed by atoms with Crippen molar-refractivity contribution >= 4 is 5.78 Å². The maximum atomic E-state index is 12.4. The Balaban J connectivity index is 3.02. The van der Waals surface area contributed by atoms with Crippen LogP contribution in [0.1, 0.15) is 43.5 Å². The molecule has 1 atom stereocenters. The van der Waals surface area contributed by atoms with E-state index in [1.807, 2.05) is 13.0 Å². The summed E-state index contributed by atoms with van der Waals surface area (Å²) in [7, 11) is 3.14. The lowest BCUT2D eigenvalue weighted by Crippen LogP contribution is -2.14. The summed E-state index contributed by atoms with van der Waals surface area (Å²) >= 11 is 0. The topological polar surface area (TPSA) is 35.5 Å². The molecular formula is C15H22O3. The third-order valence-electron chi connectivity index (χ3n) is 3.11. The molecule has 0 aliphatic heterocycles. The van der Waals surface area contributed by atoms with Crippen LogP contribution in [0.4, 0.5) is 0 Å². The fourth-order valence-corrected chi connectivity index (χ4v) is 1.98. The number of ketones is 1. The summed E-state index contributed by atoms with van der Waals surface area (Å²) < 4.78 is 10.5. The average molecular weight is 250 g/mol. The Kier molecular flexibility index (Phi) is 5.69. The highest BCUT2D eigenvalue weighted by Gasteiger charge is 2.22. The summed E-state index contributed by atoms with van der Waals surface area (Å²) in [5.41, 5.74) is 0.561. The van der Waals surface area contributed by atoms with E-state index in [0.29, 0.717) is 17.1 Å². The minimum absolute atomic E-state index is 0.00449. The number of unbranched alkanes of at least 4 members (excludes halogenated alkanes) is 1. The Labute approximate surface area is 109 Å². The molecular weight excluding hydrogens is 228 g/mol. The number of hydrogen-bond donors (Lipinski definition) is 0. The van der Waals surface area contributed by atoms with Crippen molar-refractivity contribution < 1.29 is 14.3 Å². The first-order chi connectivity index (χ1) is 8.65. The second-order valence-corrected chi connectivity index (χ2v) is 4.45. The molecule has 1 unspecified atom stereocenters. The van der Waals surface area contributed by atoms with Crippen LogP contribution in [-0.2, 0) is 0 Å². The first kappa shape index (κ1) is 14.6. The molecule has 100 valence electrons. The van der Waals surface area contributed by atoms with Gasteiger partial charge in [-0.05, 0) is 18.6 Å². The maximum absolute atomic E-state index is 12.4. The Morgan fingerprint density at radius 2 is 1.78 bits per heavy atom. The largest absolute Gasteiger partial charge is 0.496 e. The van der Waals surface area contributed by atoms with Crippen molar-refractivity contribution in [3.05, 3.63) is 23.8 Å². The fraction of sp³-hybridized carbons (Fsp3) is 0.533. The molecule has 0 aromatic heterocycles. The van der Waals surface area contributed by atoms with Crippen molar-refractivity contribution in [2.75, 3.05) is 14.2 Å². The molecule has 1 aromatic rings. The Hall–Kier alpha value is -1.51. The van der Waals surface area contributed by atoms with Gasteiger partial charge in [-0.15, -0.1) is 0 Å². The number of rotatable bonds is 7. The van der Waals surface area contributed by atoms with Gasteiger partial charge in [-0.25, -0.2) is 0 Å². The van der Waals surface area contributed by atoms with Crippen LogP contribution in [0.25, 0.3) is 0 Å². The molecule has 18 heavy (non-hydrogen) atoms. The molecule has 0 saturated carbocycles. The highest BCUT2D eigenvalue weighted by atomic mass is 16.5. The molecule has 1 rings (SSSR count). The monoisotopic (exact) mass is 250 g/mol. The van der Waals surface area contributed by atoms with Crippen molar-refractivity contribution in [3.63, 3.8) is 0 Å². The van der Waals surface area contributed by atoms with Crippen LogP contribution in [0.15, 0.2) is 18.2 Å². The summed E-state index contributed by atoms with van der Waals surface area (Å²) in [4.78, 5) is 12.4. The summed E-state index contributed by atoms with van der Waals surface area (Å²) in [6.45, 7) is 4.09. The SMILES string of the molecule is CCCCC(C)C(=O)c1c(OC)cccc1OC. The van der Waals surface area contributed by atoms with Gasteiger partial charge in [0.05, 0.1) is 14.2 Å². The van der Waals surface area contributed by atoms with Gasteiger partial charge in [0, 0.05) is 5.92 Å². The number of Topliss-reactive ketones (excluding diaryl/α,β-unsaturated/α-hetero) is 1. The summed E-state index contributed by atoms with van der Waals surface area (Å²) in [6.07, 6.45) is 3.06. The highest BCUT2D eigenvalue weighted by Crippen LogP contribution is 2.31. The third kappa shape index (κ3) is 3.25. The van der Waals surface area contributed by atoms with E-state index in [9.17, 15) is 4.79 Å². The van der Waals surface area contributed by atoms with Crippen LogP contribution in [0.3, 0.4) is 0 Å². The van der Waals surface area contributed by atoms with Gasteiger partial charge in [0.1, 0.15) is 17.1 Å². The second kappa shape index (κ2) is 7.04. The van der Waals surface area contributed by atoms with Gasteiger partial charge in [0.15, 0.2) is 5.78 Å². The highest BCUT2D eigenvalue weighted by molar-refractivity contribution is 6.02. The molecule has 1 aromatic carbocycles. The Bertz CT molecular complexity index is 376. The van der Waals surface area contributed by atoms with Gasteiger partial charge in [-0.3, -0.25) is 4.79 Å². The molecule has 0 N–H and O–H groups in total. The first-order valence-electron chi connectivity index (χ1n) is 6.40. The lowest BCUT2D eigenvalue weighted by Gasteiger charge is -2.15. The summed E-state index contributed by atoms with van der Waals surface area (Å²) in [6, 6.07) is 5.41. The molecule has 3 nitrogen and oxygen atoms in total. The quantitative estimate of drug-likeness (QED) is 0.692.